The van der Waals surface area contributed by atoms with E-state index in [-0.39, 0.29) is 0 Å². The number of likely N-dealkylation sites (tertiary alicyclic amines) is 1. The summed E-state index contributed by atoms with van der Waals surface area (Å²) in [6, 6.07) is 8.66. The van der Waals surface area contributed by atoms with Crippen LogP contribution < -0.4 is 5.73 Å². The maximum Gasteiger partial charge on any atom is 0.191 e. The highest BCUT2D eigenvalue weighted by Crippen LogP contribution is 2.23. The van der Waals surface area contributed by atoms with Crippen LogP contribution in [0.5, 0.6) is 0 Å². The van der Waals surface area contributed by atoms with Gasteiger partial charge in [0.05, 0.1) is 6.54 Å². The first-order valence-corrected chi connectivity index (χ1v) is 9.37. The number of nitrogens with zero attached hydrogens (tertiary/aromatic N) is 3. The molecule has 0 aromatic heterocycles. The van der Waals surface area contributed by atoms with E-state index in [1.165, 1.54) is 30.6 Å². The molecule has 134 valence electrons. The molecule has 24 heavy (non-hydrogen) atoms. The second-order valence-electron chi connectivity index (χ2n) is 7.26. The van der Waals surface area contributed by atoms with Gasteiger partial charge in [-0.3, -0.25) is 4.90 Å². The molecule has 0 spiro atoms. The lowest BCUT2D eigenvalue weighted by Crippen LogP contribution is -2.38. The minimum atomic E-state index is 0.648. The zero-order valence-corrected chi connectivity index (χ0v) is 15.8. The van der Waals surface area contributed by atoms with Gasteiger partial charge in [0.1, 0.15) is 0 Å². The average molecular weight is 331 g/mol. The van der Waals surface area contributed by atoms with Crippen molar-refractivity contribution in [2.45, 2.75) is 47.2 Å². The molecule has 1 aromatic carbocycles. The Hall–Kier alpha value is -1.55. The first kappa shape index (κ1) is 18.8. The van der Waals surface area contributed by atoms with Crippen LogP contribution in [0.2, 0.25) is 0 Å². The van der Waals surface area contributed by atoms with Gasteiger partial charge in [0.2, 0.25) is 0 Å². The Labute approximate surface area is 147 Å². The van der Waals surface area contributed by atoms with Crippen molar-refractivity contribution in [3.63, 3.8) is 0 Å². The number of aliphatic imine (C=N–C) groups is 1. The van der Waals surface area contributed by atoms with Crippen molar-refractivity contribution in [3.8, 4) is 0 Å². The monoisotopic (exact) mass is 330 g/mol. The number of hydrogen-bond acceptors (Lipinski definition) is 2. The lowest BCUT2D eigenvalue weighted by molar-refractivity contribution is 0.134. The second-order valence-corrected chi connectivity index (χ2v) is 7.26. The van der Waals surface area contributed by atoms with Gasteiger partial charge in [0.25, 0.3) is 0 Å². The number of rotatable bonds is 6. The first-order chi connectivity index (χ1) is 11.5. The summed E-state index contributed by atoms with van der Waals surface area (Å²) in [5, 5.41) is 0. The zero-order valence-electron chi connectivity index (χ0n) is 15.8. The van der Waals surface area contributed by atoms with Crippen molar-refractivity contribution in [2.24, 2.45) is 22.6 Å². The summed E-state index contributed by atoms with van der Waals surface area (Å²) in [4.78, 5) is 9.31. The van der Waals surface area contributed by atoms with Crippen LogP contribution in [-0.4, -0.2) is 41.9 Å². The van der Waals surface area contributed by atoms with E-state index in [1.807, 2.05) is 0 Å². The fourth-order valence-corrected chi connectivity index (χ4v) is 3.84. The number of hydrogen-bond donors (Lipinski definition) is 1. The summed E-state index contributed by atoms with van der Waals surface area (Å²) in [6.07, 6.45) is 1.35. The molecule has 1 fully saturated rings. The SMILES string of the molecule is CCN(CC)C(N)=NCc1ccccc1CN1CC(C)CC(C)C1. The third kappa shape index (κ3) is 5.23. The lowest BCUT2D eigenvalue weighted by atomic mass is 9.91. The van der Waals surface area contributed by atoms with Crippen molar-refractivity contribution in [1.82, 2.24) is 9.80 Å². The van der Waals surface area contributed by atoms with Crippen molar-refractivity contribution < 1.29 is 0 Å². The van der Waals surface area contributed by atoms with Crippen LogP contribution in [0.3, 0.4) is 0 Å². The molecule has 2 unspecified atom stereocenters. The predicted molar refractivity (Wildman–Crippen MR) is 103 cm³/mol. The fourth-order valence-electron chi connectivity index (χ4n) is 3.84. The molecule has 4 heteroatoms. The van der Waals surface area contributed by atoms with Crippen LogP contribution in [0.25, 0.3) is 0 Å². The van der Waals surface area contributed by atoms with Gasteiger partial charge in [-0.15, -0.1) is 0 Å². The van der Waals surface area contributed by atoms with E-state index in [2.05, 4.69) is 66.8 Å². The van der Waals surface area contributed by atoms with E-state index in [1.54, 1.807) is 0 Å². The third-order valence-corrected chi connectivity index (χ3v) is 4.96. The van der Waals surface area contributed by atoms with E-state index in [0.717, 1.165) is 31.5 Å². The van der Waals surface area contributed by atoms with Gasteiger partial charge < -0.3 is 10.6 Å². The van der Waals surface area contributed by atoms with E-state index in [0.29, 0.717) is 12.5 Å². The fraction of sp³-hybridized carbons (Fsp3) is 0.650. The second kappa shape index (κ2) is 9.07. The topological polar surface area (TPSA) is 44.9 Å². The molecule has 2 atom stereocenters. The van der Waals surface area contributed by atoms with Gasteiger partial charge in [-0.2, -0.15) is 0 Å². The number of benzene rings is 1. The van der Waals surface area contributed by atoms with Crippen LogP contribution in [0.4, 0.5) is 0 Å². The van der Waals surface area contributed by atoms with Crippen molar-refractivity contribution in [3.05, 3.63) is 35.4 Å². The molecule has 2 rings (SSSR count). The molecular weight excluding hydrogens is 296 g/mol. The molecule has 4 nitrogen and oxygen atoms in total. The summed E-state index contributed by atoms with van der Waals surface area (Å²) in [7, 11) is 0. The molecule has 0 bridgehead atoms. The average Bonchev–Trinajstić information content (AvgIpc) is 2.54. The smallest absolute Gasteiger partial charge is 0.191 e. The Bertz CT molecular complexity index is 526. The normalized spacial score (nSPS) is 22.6. The van der Waals surface area contributed by atoms with Crippen LogP contribution in [0.15, 0.2) is 29.3 Å². The maximum atomic E-state index is 6.12. The highest BCUT2D eigenvalue weighted by molar-refractivity contribution is 5.78. The molecule has 0 radical (unpaired) electrons. The molecule has 1 heterocycles. The molecular formula is C20H34N4. The van der Waals surface area contributed by atoms with Crippen molar-refractivity contribution in [1.29, 1.82) is 0 Å². The van der Waals surface area contributed by atoms with E-state index in [9.17, 15) is 0 Å². The number of guanidine groups is 1. The molecule has 0 saturated carbocycles. The van der Waals surface area contributed by atoms with Crippen molar-refractivity contribution in [2.75, 3.05) is 26.2 Å². The zero-order chi connectivity index (χ0) is 17.5. The van der Waals surface area contributed by atoms with E-state index in [4.69, 9.17) is 5.73 Å². The Kier molecular flexibility index (Phi) is 7.10. The van der Waals surface area contributed by atoms with Gasteiger partial charge in [0, 0.05) is 32.7 Å². The van der Waals surface area contributed by atoms with Crippen molar-refractivity contribution >= 4 is 5.96 Å². The van der Waals surface area contributed by atoms with Crippen LogP contribution >= 0.6 is 0 Å². The summed E-state index contributed by atoms with van der Waals surface area (Å²) in [5.74, 6) is 2.23. The third-order valence-electron chi connectivity index (χ3n) is 4.96. The minimum absolute atomic E-state index is 0.648. The quantitative estimate of drug-likeness (QED) is 0.643. The van der Waals surface area contributed by atoms with Gasteiger partial charge in [0.15, 0.2) is 5.96 Å². The summed E-state index contributed by atoms with van der Waals surface area (Å²) >= 11 is 0. The lowest BCUT2D eigenvalue weighted by Gasteiger charge is -2.35. The highest BCUT2D eigenvalue weighted by atomic mass is 15.2. The molecule has 1 aromatic rings. The largest absolute Gasteiger partial charge is 0.370 e. The summed E-state index contributed by atoms with van der Waals surface area (Å²) < 4.78 is 0. The summed E-state index contributed by atoms with van der Waals surface area (Å²) in [5.41, 5.74) is 8.80. The molecule has 1 aliphatic heterocycles. The number of nitrogens with two attached hydrogens (primary N) is 1. The standard InChI is InChI=1S/C20H34N4/c1-5-24(6-2)20(21)22-12-18-9-7-8-10-19(18)15-23-13-16(3)11-17(4)14-23/h7-10,16-17H,5-6,11-15H2,1-4H3,(H2,21,22). The Balaban J connectivity index is 2.06. The Morgan fingerprint density at radius 1 is 1.12 bits per heavy atom. The molecule has 0 amide bonds. The molecule has 1 saturated heterocycles. The summed E-state index contributed by atoms with van der Waals surface area (Å²) in [6.45, 7) is 14.8. The molecule has 0 aliphatic carbocycles. The van der Waals surface area contributed by atoms with E-state index >= 15 is 0 Å². The van der Waals surface area contributed by atoms with Gasteiger partial charge in [-0.25, -0.2) is 4.99 Å². The van der Waals surface area contributed by atoms with Gasteiger partial charge in [-0.05, 0) is 43.2 Å². The van der Waals surface area contributed by atoms with Crippen LogP contribution in [-0.2, 0) is 13.1 Å². The molecule has 2 N–H and O–H groups in total. The van der Waals surface area contributed by atoms with Crippen LogP contribution in [0.1, 0.15) is 45.2 Å². The Morgan fingerprint density at radius 3 is 2.29 bits per heavy atom. The number of piperidine rings is 1. The maximum absolute atomic E-state index is 6.12. The Morgan fingerprint density at radius 2 is 1.71 bits per heavy atom. The minimum Gasteiger partial charge on any atom is -0.370 e. The highest BCUT2D eigenvalue weighted by Gasteiger charge is 2.22. The van der Waals surface area contributed by atoms with Crippen LogP contribution in [0, 0.1) is 11.8 Å². The first-order valence-electron chi connectivity index (χ1n) is 9.37. The van der Waals surface area contributed by atoms with E-state index < -0.39 is 0 Å². The molecule has 1 aliphatic rings. The van der Waals surface area contributed by atoms with Gasteiger partial charge in [-0.1, -0.05) is 38.1 Å². The van der Waals surface area contributed by atoms with Gasteiger partial charge >= 0.3 is 0 Å². The predicted octanol–water partition coefficient (Wildman–Crippen LogP) is 3.32.